The summed E-state index contributed by atoms with van der Waals surface area (Å²) in [6.45, 7) is 2.36. The second kappa shape index (κ2) is 9.59. The van der Waals surface area contributed by atoms with Crippen LogP contribution in [0.5, 0.6) is 0 Å². The lowest BCUT2D eigenvalue weighted by Crippen LogP contribution is -2.42. The van der Waals surface area contributed by atoms with Crippen molar-refractivity contribution < 1.29 is 9.18 Å². The molecule has 0 aliphatic heterocycles. The topological polar surface area (TPSA) is 95.6 Å². The summed E-state index contributed by atoms with van der Waals surface area (Å²) in [6, 6.07) is 11.2. The van der Waals surface area contributed by atoms with Gasteiger partial charge in [-0.2, -0.15) is 5.10 Å². The highest BCUT2D eigenvalue weighted by atomic mass is 32.1. The van der Waals surface area contributed by atoms with Gasteiger partial charge in [0.2, 0.25) is 5.91 Å². The number of anilines is 1. The summed E-state index contributed by atoms with van der Waals surface area (Å²) in [5, 5.41) is 15.2. The molecule has 1 unspecified atom stereocenters. The normalized spacial score (nSPS) is 11.9. The zero-order valence-corrected chi connectivity index (χ0v) is 17.6. The first-order valence-corrected chi connectivity index (χ1v) is 10.7. The van der Waals surface area contributed by atoms with Crippen LogP contribution in [0.3, 0.4) is 0 Å². The van der Waals surface area contributed by atoms with Gasteiger partial charge in [-0.3, -0.25) is 20.2 Å². The lowest BCUT2D eigenvalue weighted by atomic mass is 10.0. The van der Waals surface area contributed by atoms with Crippen LogP contribution in [0.25, 0.3) is 11.3 Å². The number of halogens is 1. The van der Waals surface area contributed by atoms with Gasteiger partial charge in [-0.1, -0.05) is 12.1 Å². The molecule has 0 aliphatic rings. The number of hydrogen-bond donors (Lipinski definition) is 3. The van der Waals surface area contributed by atoms with Gasteiger partial charge in [-0.15, -0.1) is 11.3 Å². The Bertz CT molecular complexity index is 1140. The highest BCUT2D eigenvalue weighted by Gasteiger charge is 2.20. The molecule has 0 saturated carbocycles. The van der Waals surface area contributed by atoms with Gasteiger partial charge in [0, 0.05) is 35.4 Å². The third kappa shape index (κ3) is 5.59. The number of nitrogens with zero attached hydrogens (tertiary/aromatic N) is 3. The average molecular weight is 437 g/mol. The molecule has 0 spiro atoms. The molecule has 0 bridgehead atoms. The maximum atomic E-state index is 13.3. The molecular formula is C22H21FN6OS. The van der Waals surface area contributed by atoms with E-state index in [1.165, 1.54) is 23.5 Å². The zero-order chi connectivity index (χ0) is 21.6. The minimum atomic E-state index is -0.546. The van der Waals surface area contributed by atoms with Crippen LogP contribution in [0, 0.1) is 12.7 Å². The summed E-state index contributed by atoms with van der Waals surface area (Å²) >= 11 is 1.50. The molecule has 9 heteroatoms. The molecule has 3 N–H and O–H groups in total. The molecular weight excluding hydrogens is 415 g/mol. The first kappa shape index (κ1) is 20.8. The van der Waals surface area contributed by atoms with Crippen LogP contribution in [0.2, 0.25) is 0 Å². The smallest absolute Gasteiger partial charge is 0.243 e. The van der Waals surface area contributed by atoms with Gasteiger partial charge < -0.3 is 5.32 Å². The number of carbonyl (C=O) groups excluding carboxylic acids is 1. The van der Waals surface area contributed by atoms with Crippen molar-refractivity contribution in [1.82, 2.24) is 25.5 Å². The molecule has 0 saturated heterocycles. The number of benzene rings is 1. The van der Waals surface area contributed by atoms with E-state index in [0.717, 1.165) is 28.2 Å². The lowest BCUT2D eigenvalue weighted by molar-refractivity contribution is -0.118. The van der Waals surface area contributed by atoms with E-state index in [4.69, 9.17) is 0 Å². The van der Waals surface area contributed by atoms with Crippen LogP contribution in [0.1, 0.15) is 17.0 Å². The van der Waals surface area contributed by atoms with E-state index in [2.05, 4.69) is 30.8 Å². The van der Waals surface area contributed by atoms with E-state index < -0.39 is 6.04 Å². The van der Waals surface area contributed by atoms with Gasteiger partial charge in [0.05, 0.1) is 22.9 Å². The number of aryl methyl sites for hydroxylation is 1. The highest BCUT2D eigenvalue weighted by molar-refractivity contribution is 7.07. The summed E-state index contributed by atoms with van der Waals surface area (Å²) in [6.07, 6.45) is 2.13. The highest BCUT2D eigenvalue weighted by Crippen LogP contribution is 2.20. The maximum absolute atomic E-state index is 13.3. The fourth-order valence-electron chi connectivity index (χ4n) is 3.13. The lowest BCUT2D eigenvalue weighted by Gasteiger charge is -2.17. The maximum Gasteiger partial charge on any atom is 0.243 e. The first-order valence-electron chi connectivity index (χ1n) is 9.71. The van der Waals surface area contributed by atoms with E-state index in [1.54, 1.807) is 29.9 Å². The molecule has 3 heterocycles. The van der Waals surface area contributed by atoms with Crippen molar-refractivity contribution >= 4 is 23.1 Å². The second-order valence-corrected chi connectivity index (χ2v) is 7.80. The number of hydrogen-bond acceptors (Lipinski definition) is 6. The standard InChI is InChI=1S/C22H21FN6OS/c1-14-8-16(6-7-24-14)19-10-21(29-28-19)27-22(30)20(25-11-18-12-31-13-26-18)9-15-2-4-17(23)5-3-15/h2-8,10,12-13,20,25H,9,11H2,1H3,(H2,27,28,29,30). The van der Waals surface area contributed by atoms with E-state index in [9.17, 15) is 9.18 Å². The Balaban J connectivity index is 1.47. The summed E-state index contributed by atoms with van der Waals surface area (Å²) in [5.74, 6) is -0.117. The molecule has 1 aromatic carbocycles. The molecule has 0 aliphatic carbocycles. The Hall–Kier alpha value is -3.43. The predicted molar refractivity (Wildman–Crippen MR) is 118 cm³/mol. The minimum Gasteiger partial charge on any atom is -0.308 e. The molecule has 4 rings (SSSR count). The number of nitrogens with one attached hydrogen (secondary N) is 3. The van der Waals surface area contributed by atoms with Crippen molar-refractivity contribution in [2.45, 2.75) is 25.9 Å². The number of rotatable bonds is 8. The number of amides is 1. The fourth-order valence-corrected chi connectivity index (χ4v) is 3.68. The van der Waals surface area contributed by atoms with Gasteiger partial charge in [0.25, 0.3) is 0 Å². The number of aromatic amines is 1. The van der Waals surface area contributed by atoms with Crippen LogP contribution in [0.15, 0.2) is 59.6 Å². The van der Waals surface area contributed by atoms with Gasteiger partial charge in [-0.05, 0) is 43.2 Å². The Kier molecular flexibility index (Phi) is 6.44. The Morgan fingerprint density at radius 3 is 2.77 bits per heavy atom. The molecule has 1 amide bonds. The number of H-pyrrole nitrogens is 1. The van der Waals surface area contributed by atoms with Gasteiger partial charge in [0.1, 0.15) is 5.82 Å². The van der Waals surface area contributed by atoms with Crippen LogP contribution >= 0.6 is 11.3 Å². The second-order valence-electron chi connectivity index (χ2n) is 7.09. The van der Waals surface area contributed by atoms with Crippen LogP contribution in [-0.2, 0) is 17.8 Å². The molecule has 0 radical (unpaired) electrons. The summed E-state index contributed by atoms with van der Waals surface area (Å²) in [5.41, 5.74) is 6.07. The van der Waals surface area contributed by atoms with Crippen molar-refractivity contribution in [1.29, 1.82) is 0 Å². The van der Waals surface area contributed by atoms with Crippen LogP contribution < -0.4 is 10.6 Å². The van der Waals surface area contributed by atoms with Crippen LogP contribution in [0.4, 0.5) is 10.2 Å². The monoisotopic (exact) mass is 436 g/mol. The molecule has 3 aromatic heterocycles. The third-order valence-corrected chi connectivity index (χ3v) is 5.35. The Labute approximate surface area is 182 Å². The minimum absolute atomic E-state index is 0.233. The largest absolute Gasteiger partial charge is 0.308 e. The molecule has 0 fully saturated rings. The average Bonchev–Trinajstić information content (AvgIpc) is 3.44. The van der Waals surface area contributed by atoms with Crippen LogP contribution in [-0.4, -0.2) is 32.1 Å². The molecule has 7 nitrogen and oxygen atoms in total. The number of carbonyl (C=O) groups is 1. The molecule has 31 heavy (non-hydrogen) atoms. The van der Waals surface area contributed by atoms with Crippen molar-refractivity contribution in [3.8, 4) is 11.3 Å². The number of thiazole rings is 1. The van der Waals surface area contributed by atoms with E-state index in [-0.39, 0.29) is 11.7 Å². The zero-order valence-electron chi connectivity index (χ0n) is 16.8. The van der Waals surface area contributed by atoms with E-state index >= 15 is 0 Å². The van der Waals surface area contributed by atoms with Crippen molar-refractivity contribution in [3.63, 3.8) is 0 Å². The molecule has 1 atom stereocenters. The first-order chi connectivity index (χ1) is 15.1. The quantitative estimate of drug-likeness (QED) is 0.391. The van der Waals surface area contributed by atoms with Gasteiger partial charge >= 0.3 is 0 Å². The molecule has 158 valence electrons. The Morgan fingerprint density at radius 2 is 2.03 bits per heavy atom. The molecule has 4 aromatic rings. The van der Waals surface area contributed by atoms with Crippen molar-refractivity contribution in [2.24, 2.45) is 0 Å². The summed E-state index contributed by atoms with van der Waals surface area (Å²) in [4.78, 5) is 21.5. The van der Waals surface area contributed by atoms with Crippen molar-refractivity contribution in [2.75, 3.05) is 5.32 Å². The number of aromatic nitrogens is 4. The van der Waals surface area contributed by atoms with Crippen molar-refractivity contribution in [3.05, 3.63) is 82.3 Å². The number of pyridine rings is 1. The predicted octanol–water partition coefficient (Wildman–Crippen LogP) is 3.72. The summed E-state index contributed by atoms with van der Waals surface area (Å²) in [7, 11) is 0. The van der Waals surface area contributed by atoms with Gasteiger partial charge in [0.15, 0.2) is 5.82 Å². The third-order valence-electron chi connectivity index (χ3n) is 4.72. The fraction of sp³-hybridized carbons (Fsp3) is 0.182. The summed E-state index contributed by atoms with van der Waals surface area (Å²) < 4.78 is 13.3. The SMILES string of the molecule is Cc1cc(-c2cc(NC(=O)C(Cc3ccc(F)cc3)NCc3cscn3)n[nH]2)ccn1. The van der Waals surface area contributed by atoms with E-state index in [1.807, 2.05) is 24.4 Å². The van der Waals surface area contributed by atoms with E-state index in [0.29, 0.717) is 18.8 Å². The van der Waals surface area contributed by atoms with Gasteiger partial charge in [-0.25, -0.2) is 9.37 Å². The Morgan fingerprint density at radius 1 is 1.19 bits per heavy atom.